The Bertz CT molecular complexity index is 669. The summed E-state index contributed by atoms with van der Waals surface area (Å²) in [6.07, 6.45) is 5.05. The largest absolute Gasteiger partial charge is 0.369 e. The maximum atomic E-state index is 4.33. The Hall–Kier alpha value is -1.77. The van der Waals surface area contributed by atoms with Crippen LogP contribution in [0.25, 0.3) is 0 Å². The van der Waals surface area contributed by atoms with E-state index in [2.05, 4.69) is 62.9 Å². The minimum absolute atomic E-state index is 0. The number of rotatable bonds is 5. The molecule has 25 heavy (non-hydrogen) atoms. The Morgan fingerprint density at radius 2 is 2.12 bits per heavy atom. The second kappa shape index (κ2) is 9.65. The van der Waals surface area contributed by atoms with Crippen molar-refractivity contribution < 1.29 is 0 Å². The van der Waals surface area contributed by atoms with Gasteiger partial charge < -0.3 is 15.5 Å². The third kappa shape index (κ3) is 5.62. The zero-order chi connectivity index (χ0) is 16.8. The zero-order valence-corrected chi connectivity index (χ0v) is 17.2. The predicted octanol–water partition coefficient (Wildman–Crippen LogP) is 2.25. The normalized spacial score (nSPS) is 17.3. The number of anilines is 1. The van der Waals surface area contributed by atoms with E-state index in [9.17, 15) is 0 Å². The second-order valence-corrected chi connectivity index (χ2v) is 6.19. The number of nitrogens with zero attached hydrogens (tertiary/aromatic N) is 4. The van der Waals surface area contributed by atoms with Gasteiger partial charge in [-0.25, -0.2) is 0 Å². The third-order valence-electron chi connectivity index (χ3n) is 4.27. The molecule has 0 saturated carbocycles. The molecule has 2 N–H and O–H groups in total. The fourth-order valence-corrected chi connectivity index (χ4v) is 3.02. The van der Waals surface area contributed by atoms with E-state index in [1.54, 1.807) is 0 Å². The summed E-state index contributed by atoms with van der Waals surface area (Å²) >= 11 is 0. The molecule has 0 spiro atoms. The van der Waals surface area contributed by atoms with Crippen molar-refractivity contribution in [2.24, 2.45) is 4.99 Å². The van der Waals surface area contributed by atoms with Crippen molar-refractivity contribution in [1.29, 1.82) is 0 Å². The molecular formula is C18H27IN6. The summed E-state index contributed by atoms with van der Waals surface area (Å²) in [5.41, 5.74) is 2.48. The maximum Gasteiger partial charge on any atom is 0.191 e. The van der Waals surface area contributed by atoms with Gasteiger partial charge in [0.2, 0.25) is 0 Å². The fourth-order valence-electron chi connectivity index (χ4n) is 3.02. The lowest BCUT2D eigenvalue weighted by atomic mass is 10.3. The van der Waals surface area contributed by atoms with E-state index in [0.29, 0.717) is 6.04 Å². The monoisotopic (exact) mass is 454 g/mol. The third-order valence-corrected chi connectivity index (χ3v) is 4.27. The highest BCUT2D eigenvalue weighted by atomic mass is 127. The molecule has 2 heterocycles. The standard InChI is InChI=1S/C18H26N6.HI/c1-15-12-21-24(13-15)11-9-20-18(19-2)22-16-8-10-23(14-16)17-6-4-3-5-7-17;/h3-7,12-13,16H,8-11,14H2,1-2H3,(H2,19,20,22);1H. The van der Waals surface area contributed by atoms with Crippen LogP contribution in [0.5, 0.6) is 0 Å². The van der Waals surface area contributed by atoms with Crippen LogP contribution < -0.4 is 15.5 Å². The highest BCUT2D eigenvalue weighted by Gasteiger charge is 2.23. The number of hydrogen-bond donors (Lipinski definition) is 2. The topological polar surface area (TPSA) is 57.5 Å². The summed E-state index contributed by atoms with van der Waals surface area (Å²) in [4.78, 5) is 6.75. The molecule has 0 bridgehead atoms. The van der Waals surface area contributed by atoms with Gasteiger partial charge in [0.25, 0.3) is 0 Å². The van der Waals surface area contributed by atoms with E-state index < -0.39 is 0 Å². The van der Waals surface area contributed by atoms with Crippen LogP contribution in [0.15, 0.2) is 47.7 Å². The minimum Gasteiger partial charge on any atom is -0.369 e. The lowest BCUT2D eigenvalue weighted by Crippen LogP contribution is -2.45. The molecule has 0 amide bonds. The predicted molar refractivity (Wildman–Crippen MR) is 114 cm³/mol. The van der Waals surface area contributed by atoms with Crippen LogP contribution in [0.2, 0.25) is 0 Å². The van der Waals surface area contributed by atoms with Gasteiger partial charge in [-0.3, -0.25) is 9.67 Å². The van der Waals surface area contributed by atoms with Gasteiger partial charge in [-0.15, -0.1) is 24.0 Å². The van der Waals surface area contributed by atoms with Crippen LogP contribution in [-0.4, -0.2) is 48.5 Å². The molecule has 1 unspecified atom stereocenters. The molecule has 0 radical (unpaired) electrons. The average Bonchev–Trinajstić information content (AvgIpc) is 3.24. The van der Waals surface area contributed by atoms with Gasteiger partial charge >= 0.3 is 0 Å². The maximum absolute atomic E-state index is 4.33. The molecule has 1 aliphatic heterocycles. The Balaban J connectivity index is 0.00000225. The number of aromatic nitrogens is 2. The smallest absolute Gasteiger partial charge is 0.191 e. The van der Waals surface area contributed by atoms with E-state index in [4.69, 9.17) is 0 Å². The van der Waals surface area contributed by atoms with Gasteiger partial charge in [0.05, 0.1) is 12.7 Å². The van der Waals surface area contributed by atoms with Crippen LogP contribution in [-0.2, 0) is 6.54 Å². The van der Waals surface area contributed by atoms with Crippen molar-refractivity contribution in [3.63, 3.8) is 0 Å². The molecule has 2 aromatic rings. The van der Waals surface area contributed by atoms with Crippen molar-refractivity contribution in [3.05, 3.63) is 48.3 Å². The number of aryl methyl sites for hydroxylation is 1. The first-order chi connectivity index (χ1) is 11.7. The number of aliphatic imine (C=N–C) groups is 1. The fraction of sp³-hybridized carbons (Fsp3) is 0.444. The summed E-state index contributed by atoms with van der Waals surface area (Å²) in [6.45, 7) is 5.76. The highest BCUT2D eigenvalue weighted by Crippen LogP contribution is 2.19. The first-order valence-electron chi connectivity index (χ1n) is 8.51. The molecule has 7 heteroatoms. The van der Waals surface area contributed by atoms with Gasteiger partial charge in [0.1, 0.15) is 0 Å². The first kappa shape index (κ1) is 19.6. The van der Waals surface area contributed by atoms with E-state index in [1.807, 2.05) is 24.1 Å². The quantitative estimate of drug-likeness (QED) is 0.414. The Morgan fingerprint density at radius 1 is 1.32 bits per heavy atom. The van der Waals surface area contributed by atoms with Crippen molar-refractivity contribution in [2.45, 2.75) is 25.9 Å². The van der Waals surface area contributed by atoms with E-state index in [1.165, 1.54) is 11.3 Å². The molecule has 1 atom stereocenters. The van der Waals surface area contributed by atoms with Crippen molar-refractivity contribution >= 4 is 35.6 Å². The van der Waals surface area contributed by atoms with E-state index in [-0.39, 0.29) is 24.0 Å². The summed E-state index contributed by atoms with van der Waals surface area (Å²) in [5.74, 6) is 0.860. The van der Waals surface area contributed by atoms with Crippen LogP contribution in [0.1, 0.15) is 12.0 Å². The van der Waals surface area contributed by atoms with Gasteiger partial charge in [0, 0.05) is 44.6 Å². The van der Waals surface area contributed by atoms with Gasteiger partial charge in [-0.2, -0.15) is 5.10 Å². The summed E-state index contributed by atoms with van der Waals surface area (Å²) in [7, 11) is 1.82. The molecule has 1 fully saturated rings. The summed E-state index contributed by atoms with van der Waals surface area (Å²) in [6, 6.07) is 11.0. The van der Waals surface area contributed by atoms with Crippen LogP contribution in [0.3, 0.4) is 0 Å². The number of halogens is 1. The average molecular weight is 454 g/mol. The molecule has 1 aromatic carbocycles. The lowest BCUT2D eigenvalue weighted by Gasteiger charge is -2.20. The molecule has 136 valence electrons. The number of hydrogen-bond acceptors (Lipinski definition) is 3. The van der Waals surface area contributed by atoms with Crippen LogP contribution in [0.4, 0.5) is 5.69 Å². The second-order valence-electron chi connectivity index (χ2n) is 6.19. The van der Waals surface area contributed by atoms with Crippen molar-refractivity contribution in [2.75, 3.05) is 31.6 Å². The van der Waals surface area contributed by atoms with Crippen molar-refractivity contribution in [1.82, 2.24) is 20.4 Å². The summed E-state index contributed by atoms with van der Waals surface area (Å²) < 4.78 is 1.95. The highest BCUT2D eigenvalue weighted by molar-refractivity contribution is 14.0. The Morgan fingerprint density at radius 3 is 2.80 bits per heavy atom. The van der Waals surface area contributed by atoms with Crippen molar-refractivity contribution in [3.8, 4) is 0 Å². The molecule has 1 aliphatic rings. The number of guanidine groups is 1. The van der Waals surface area contributed by atoms with E-state index >= 15 is 0 Å². The SMILES string of the molecule is CN=C(NCCn1cc(C)cn1)NC1CCN(c2ccccc2)C1.I. The van der Waals surface area contributed by atoms with Gasteiger partial charge in [0.15, 0.2) is 5.96 Å². The number of nitrogens with one attached hydrogen (secondary N) is 2. The molecule has 6 nitrogen and oxygen atoms in total. The molecule has 1 aromatic heterocycles. The summed E-state index contributed by atoms with van der Waals surface area (Å²) in [5, 5.41) is 11.2. The molecule has 1 saturated heterocycles. The Labute approximate surface area is 166 Å². The zero-order valence-electron chi connectivity index (χ0n) is 14.9. The van der Waals surface area contributed by atoms with Gasteiger partial charge in [-0.1, -0.05) is 18.2 Å². The first-order valence-corrected chi connectivity index (χ1v) is 8.51. The minimum atomic E-state index is 0. The number of benzene rings is 1. The molecule has 3 rings (SSSR count). The number of para-hydroxylation sites is 1. The molecular weight excluding hydrogens is 427 g/mol. The Kier molecular flexibility index (Phi) is 7.54. The van der Waals surface area contributed by atoms with E-state index in [0.717, 1.165) is 38.6 Å². The van der Waals surface area contributed by atoms with Crippen LogP contribution >= 0.6 is 24.0 Å². The van der Waals surface area contributed by atoms with Crippen LogP contribution in [0, 0.1) is 6.92 Å². The molecule has 0 aliphatic carbocycles. The van der Waals surface area contributed by atoms with Gasteiger partial charge in [-0.05, 0) is 31.0 Å². The lowest BCUT2D eigenvalue weighted by molar-refractivity contribution is 0.587.